The summed E-state index contributed by atoms with van der Waals surface area (Å²) in [5.41, 5.74) is 2.51. The number of nitrogens with one attached hydrogen (secondary N) is 2. The number of carbonyl (C=O) groups is 1. The minimum Gasteiger partial charge on any atom is -0.372 e. The molecule has 3 saturated heterocycles. The van der Waals surface area contributed by atoms with Crippen molar-refractivity contribution in [2.24, 2.45) is 5.92 Å². The largest absolute Gasteiger partial charge is 0.372 e. The zero-order valence-electron chi connectivity index (χ0n) is 15.3. The Hall–Kier alpha value is -1.55. The third kappa shape index (κ3) is 4.00. The first-order valence-electron chi connectivity index (χ1n) is 10.1. The molecule has 3 aliphatic rings. The smallest absolute Gasteiger partial charge is 0.220 e. The van der Waals surface area contributed by atoms with E-state index in [1.807, 2.05) is 0 Å². The van der Waals surface area contributed by atoms with Crippen LogP contribution in [0.4, 0.5) is 5.69 Å². The highest BCUT2D eigenvalue weighted by Gasteiger charge is 2.34. The molecule has 4 nitrogen and oxygen atoms in total. The van der Waals surface area contributed by atoms with Crippen molar-refractivity contribution in [2.45, 2.75) is 70.0 Å². The maximum atomic E-state index is 12.5. The average Bonchev–Trinajstić information content (AvgIpc) is 3.25. The second-order valence-electron chi connectivity index (χ2n) is 8.26. The van der Waals surface area contributed by atoms with Crippen LogP contribution >= 0.6 is 0 Å². The van der Waals surface area contributed by atoms with Gasteiger partial charge in [0.15, 0.2) is 0 Å². The fourth-order valence-corrected chi connectivity index (χ4v) is 4.95. The van der Waals surface area contributed by atoms with Gasteiger partial charge in [0.25, 0.3) is 0 Å². The van der Waals surface area contributed by atoms with Gasteiger partial charge in [0, 0.05) is 37.3 Å². The summed E-state index contributed by atoms with van der Waals surface area (Å²) in [6.07, 6.45) is 8.19. The van der Waals surface area contributed by atoms with Gasteiger partial charge in [0.1, 0.15) is 0 Å². The molecule has 3 atom stereocenters. The molecule has 0 aliphatic carbocycles. The van der Waals surface area contributed by atoms with Crippen molar-refractivity contribution in [2.75, 3.05) is 18.0 Å². The topological polar surface area (TPSA) is 44.4 Å². The molecule has 0 saturated carbocycles. The molecule has 0 spiro atoms. The van der Waals surface area contributed by atoms with Crippen LogP contribution in [0.5, 0.6) is 0 Å². The van der Waals surface area contributed by atoms with Crippen LogP contribution in [0.15, 0.2) is 24.3 Å². The third-order valence-corrected chi connectivity index (χ3v) is 6.26. The number of nitrogens with zero attached hydrogens (tertiary/aromatic N) is 1. The Kier molecular flexibility index (Phi) is 4.98. The number of anilines is 1. The van der Waals surface area contributed by atoms with Crippen LogP contribution in [0.3, 0.4) is 0 Å². The Bertz CT molecular complexity index is 599. The van der Waals surface area contributed by atoms with Gasteiger partial charge in [-0.3, -0.25) is 4.79 Å². The molecule has 25 heavy (non-hydrogen) atoms. The van der Waals surface area contributed by atoms with Crippen molar-refractivity contribution >= 4 is 11.6 Å². The predicted octanol–water partition coefficient (Wildman–Crippen LogP) is 3.38. The summed E-state index contributed by atoms with van der Waals surface area (Å²) in [7, 11) is 0. The van der Waals surface area contributed by atoms with E-state index in [-0.39, 0.29) is 11.9 Å². The standard InChI is InChI=1S/C21H31N3O/c1-15(17-5-4-6-20(14-17)24-9-2-3-10-24)22-21(25)13-16-11-18-7-8-19(12-16)23-18/h4-6,14-16,18-19,23H,2-3,7-13H2,1H3,(H,22,25). The molecule has 2 N–H and O–H groups in total. The Morgan fingerprint density at radius 1 is 1.24 bits per heavy atom. The van der Waals surface area contributed by atoms with Crippen LogP contribution < -0.4 is 15.5 Å². The summed E-state index contributed by atoms with van der Waals surface area (Å²) in [5, 5.41) is 6.89. The molecule has 2 bridgehead atoms. The van der Waals surface area contributed by atoms with E-state index in [2.05, 4.69) is 46.7 Å². The van der Waals surface area contributed by atoms with Gasteiger partial charge in [-0.15, -0.1) is 0 Å². The van der Waals surface area contributed by atoms with Gasteiger partial charge in [0.05, 0.1) is 6.04 Å². The fourth-order valence-electron chi connectivity index (χ4n) is 4.95. The number of piperidine rings is 1. The minimum absolute atomic E-state index is 0.0773. The van der Waals surface area contributed by atoms with Gasteiger partial charge in [-0.1, -0.05) is 12.1 Å². The number of hydrogen-bond acceptors (Lipinski definition) is 3. The molecule has 0 aromatic heterocycles. The normalized spacial score (nSPS) is 29.6. The van der Waals surface area contributed by atoms with E-state index < -0.39 is 0 Å². The molecule has 3 fully saturated rings. The van der Waals surface area contributed by atoms with E-state index in [9.17, 15) is 4.79 Å². The Morgan fingerprint density at radius 2 is 1.96 bits per heavy atom. The van der Waals surface area contributed by atoms with Gasteiger partial charge < -0.3 is 15.5 Å². The van der Waals surface area contributed by atoms with E-state index in [1.165, 1.54) is 49.8 Å². The van der Waals surface area contributed by atoms with E-state index in [4.69, 9.17) is 0 Å². The number of rotatable bonds is 5. The lowest BCUT2D eigenvalue weighted by Crippen LogP contribution is -2.40. The van der Waals surface area contributed by atoms with Crippen LogP contribution in [0.2, 0.25) is 0 Å². The van der Waals surface area contributed by atoms with Crippen LogP contribution in [-0.2, 0) is 4.79 Å². The quantitative estimate of drug-likeness (QED) is 0.863. The van der Waals surface area contributed by atoms with Crippen molar-refractivity contribution in [1.82, 2.24) is 10.6 Å². The SMILES string of the molecule is CC(NC(=O)CC1CC2CCC(C1)N2)c1cccc(N2CCCC2)c1. The van der Waals surface area contributed by atoms with Crippen molar-refractivity contribution in [1.29, 1.82) is 0 Å². The van der Waals surface area contributed by atoms with Crippen molar-refractivity contribution in [3.05, 3.63) is 29.8 Å². The molecule has 0 radical (unpaired) electrons. The molecule has 3 heterocycles. The third-order valence-electron chi connectivity index (χ3n) is 6.26. The highest BCUT2D eigenvalue weighted by atomic mass is 16.1. The zero-order chi connectivity index (χ0) is 17.2. The van der Waals surface area contributed by atoms with Crippen molar-refractivity contribution in [3.63, 3.8) is 0 Å². The average molecular weight is 341 g/mol. The van der Waals surface area contributed by atoms with E-state index in [0.29, 0.717) is 24.4 Å². The molecular formula is C21H31N3O. The Labute approximate surface area is 151 Å². The number of benzene rings is 1. The summed E-state index contributed by atoms with van der Waals surface area (Å²) in [5.74, 6) is 0.771. The summed E-state index contributed by atoms with van der Waals surface area (Å²) in [6, 6.07) is 10.1. The van der Waals surface area contributed by atoms with Crippen LogP contribution in [0, 0.1) is 5.92 Å². The van der Waals surface area contributed by atoms with Gasteiger partial charge in [-0.05, 0) is 69.1 Å². The van der Waals surface area contributed by atoms with Crippen LogP contribution in [0.1, 0.15) is 63.5 Å². The van der Waals surface area contributed by atoms with Crippen molar-refractivity contribution in [3.8, 4) is 0 Å². The lowest BCUT2D eigenvalue weighted by Gasteiger charge is -2.29. The first-order valence-corrected chi connectivity index (χ1v) is 10.1. The minimum atomic E-state index is 0.0773. The number of carbonyl (C=O) groups excluding carboxylic acids is 1. The summed E-state index contributed by atoms with van der Waals surface area (Å²) in [4.78, 5) is 15.0. The summed E-state index contributed by atoms with van der Waals surface area (Å²) < 4.78 is 0. The van der Waals surface area contributed by atoms with E-state index >= 15 is 0 Å². The fraction of sp³-hybridized carbons (Fsp3) is 0.667. The summed E-state index contributed by atoms with van der Waals surface area (Å²) in [6.45, 7) is 4.41. The zero-order valence-corrected chi connectivity index (χ0v) is 15.3. The number of fused-ring (bicyclic) bond motifs is 2. The molecule has 4 heteroatoms. The maximum absolute atomic E-state index is 12.5. The van der Waals surface area contributed by atoms with Gasteiger partial charge in [-0.2, -0.15) is 0 Å². The second-order valence-corrected chi connectivity index (χ2v) is 8.26. The Morgan fingerprint density at radius 3 is 2.68 bits per heavy atom. The lowest BCUT2D eigenvalue weighted by atomic mass is 9.89. The second kappa shape index (κ2) is 7.36. The molecule has 136 valence electrons. The predicted molar refractivity (Wildman–Crippen MR) is 102 cm³/mol. The van der Waals surface area contributed by atoms with Gasteiger partial charge in [-0.25, -0.2) is 0 Å². The molecule has 1 aromatic carbocycles. The van der Waals surface area contributed by atoms with Gasteiger partial charge in [0.2, 0.25) is 5.91 Å². The number of amides is 1. The first-order chi connectivity index (χ1) is 12.2. The molecule has 3 aliphatic heterocycles. The molecule has 3 unspecified atom stereocenters. The van der Waals surface area contributed by atoms with Gasteiger partial charge >= 0.3 is 0 Å². The number of hydrogen-bond donors (Lipinski definition) is 2. The van der Waals surface area contributed by atoms with E-state index in [0.717, 1.165) is 13.1 Å². The highest BCUT2D eigenvalue weighted by molar-refractivity contribution is 5.76. The van der Waals surface area contributed by atoms with Crippen LogP contribution in [0.25, 0.3) is 0 Å². The molecule has 1 amide bonds. The first kappa shape index (κ1) is 16.9. The maximum Gasteiger partial charge on any atom is 0.220 e. The van der Waals surface area contributed by atoms with Crippen molar-refractivity contribution < 1.29 is 4.79 Å². The molecular weight excluding hydrogens is 310 g/mol. The highest BCUT2D eigenvalue weighted by Crippen LogP contribution is 2.33. The van der Waals surface area contributed by atoms with Crippen LogP contribution in [-0.4, -0.2) is 31.1 Å². The van der Waals surface area contributed by atoms with E-state index in [1.54, 1.807) is 0 Å². The molecule has 1 aromatic rings. The lowest BCUT2D eigenvalue weighted by molar-refractivity contribution is -0.122. The Balaban J connectivity index is 1.32. The summed E-state index contributed by atoms with van der Waals surface area (Å²) >= 11 is 0. The monoisotopic (exact) mass is 341 g/mol. The molecule has 4 rings (SSSR count).